The molecule has 1 aromatic heterocycles. The molecular formula is C18H16ClNO. The minimum absolute atomic E-state index is 0.102. The van der Waals surface area contributed by atoms with Crippen LogP contribution in [0.5, 0.6) is 0 Å². The van der Waals surface area contributed by atoms with Gasteiger partial charge in [-0.2, -0.15) is 0 Å². The first-order valence-electron chi connectivity index (χ1n) is 6.90. The van der Waals surface area contributed by atoms with Crippen molar-refractivity contribution < 1.29 is 4.79 Å². The summed E-state index contributed by atoms with van der Waals surface area (Å²) >= 11 is 6.23. The van der Waals surface area contributed by atoms with Crippen LogP contribution in [0.2, 0.25) is 5.02 Å². The number of Topliss-reactive ketones (excluding diaryl/α,β-unsaturated/α-hetero) is 1. The van der Waals surface area contributed by atoms with E-state index in [0.29, 0.717) is 11.6 Å². The highest BCUT2D eigenvalue weighted by Crippen LogP contribution is 2.26. The first-order valence-corrected chi connectivity index (χ1v) is 7.28. The van der Waals surface area contributed by atoms with Crippen LogP contribution in [0.25, 0.3) is 10.9 Å². The van der Waals surface area contributed by atoms with Crippen LogP contribution in [0, 0.1) is 13.8 Å². The zero-order valence-electron chi connectivity index (χ0n) is 12.1. The van der Waals surface area contributed by atoms with E-state index in [1.54, 1.807) is 0 Å². The summed E-state index contributed by atoms with van der Waals surface area (Å²) in [5.74, 6) is 0.102. The zero-order chi connectivity index (χ0) is 15.0. The minimum Gasteiger partial charge on any atom is -0.338 e. The molecule has 3 aromatic rings. The molecule has 0 aliphatic rings. The molecule has 106 valence electrons. The molecule has 0 unspecified atom stereocenters. The normalized spacial score (nSPS) is 11.0. The fraction of sp³-hybridized carbons (Fsp3) is 0.167. The molecular weight excluding hydrogens is 282 g/mol. The summed E-state index contributed by atoms with van der Waals surface area (Å²) in [7, 11) is 0. The van der Waals surface area contributed by atoms with Crippen LogP contribution in [0.4, 0.5) is 0 Å². The number of ketones is 1. The number of aryl methyl sites for hydroxylation is 2. The van der Waals surface area contributed by atoms with Gasteiger partial charge in [-0.25, -0.2) is 0 Å². The average molecular weight is 298 g/mol. The highest BCUT2D eigenvalue weighted by Gasteiger charge is 2.13. The number of nitrogens with zero attached hydrogens (tertiary/aromatic N) is 1. The van der Waals surface area contributed by atoms with Crippen molar-refractivity contribution in [2.75, 3.05) is 0 Å². The predicted molar refractivity (Wildman–Crippen MR) is 87.2 cm³/mol. The van der Waals surface area contributed by atoms with E-state index in [2.05, 4.69) is 0 Å². The largest absolute Gasteiger partial charge is 0.338 e. The molecule has 0 aliphatic carbocycles. The van der Waals surface area contributed by atoms with Gasteiger partial charge in [-0.05, 0) is 25.5 Å². The Morgan fingerprint density at radius 2 is 1.90 bits per heavy atom. The van der Waals surface area contributed by atoms with Gasteiger partial charge in [-0.15, -0.1) is 0 Å². The Labute approximate surface area is 129 Å². The Morgan fingerprint density at radius 3 is 2.67 bits per heavy atom. The van der Waals surface area contributed by atoms with Crippen molar-refractivity contribution in [1.82, 2.24) is 4.57 Å². The van der Waals surface area contributed by atoms with Gasteiger partial charge >= 0.3 is 0 Å². The van der Waals surface area contributed by atoms with Crippen molar-refractivity contribution in [3.05, 3.63) is 70.4 Å². The van der Waals surface area contributed by atoms with E-state index in [0.717, 1.165) is 22.0 Å². The molecule has 0 amide bonds. The number of rotatable bonds is 3. The second kappa shape index (κ2) is 5.38. The monoisotopic (exact) mass is 297 g/mol. The van der Waals surface area contributed by atoms with E-state index in [1.165, 1.54) is 5.56 Å². The zero-order valence-corrected chi connectivity index (χ0v) is 12.8. The van der Waals surface area contributed by atoms with Gasteiger partial charge in [-0.3, -0.25) is 4.79 Å². The highest BCUT2D eigenvalue weighted by molar-refractivity contribution is 6.35. The summed E-state index contributed by atoms with van der Waals surface area (Å²) < 4.78 is 1.92. The Bertz CT molecular complexity index is 832. The molecule has 0 spiro atoms. The van der Waals surface area contributed by atoms with Gasteiger partial charge in [0.25, 0.3) is 0 Å². The van der Waals surface area contributed by atoms with E-state index in [9.17, 15) is 4.79 Å². The van der Waals surface area contributed by atoms with Crippen LogP contribution < -0.4 is 0 Å². The first-order chi connectivity index (χ1) is 10.1. The predicted octanol–water partition coefficient (Wildman–Crippen LogP) is 4.79. The maximum absolute atomic E-state index is 12.5. The minimum atomic E-state index is 0.102. The average Bonchev–Trinajstić information content (AvgIpc) is 2.76. The number of para-hydroxylation sites is 1. The van der Waals surface area contributed by atoms with Crippen LogP contribution in [-0.4, -0.2) is 10.4 Å². The fourth-order valence-electron chi connectivity index (χ4n) is 2.70. The summed E-state index contributed by atoms with van der Waals surface area (Å²) in [6.07, 6.45) is 1.83. The molecule has 0 aliphatic heterocycles. The van der Waals surface area contributed by atoms with E-state index in [4.69, 9.17) is 11.6 Å². The lowest BCUT2D eigenvalue weighted by atomic mass is 10.0. The third-order valence-electron chi connectivity index (χ3n) is 3.74. The van der Waals surface area contributed by atoms with Crippen LogP contribution in [-0.2, 0) is 6.54 Å². The standard InChI is InChI=1S/C18H16ClNO/c1-12-7-8-14(13(2)9-12)18(21)11-20-10-16(19)15-5-3-4-6-17(15)20/h3-10H,11H2,1-2H3. The van der Waals surface area contributed by atoms with E-state index >= 15 is 0 Å². The van der Waals surface area contributed by atoms with Gasteiger partial charge in [-0.1, -0.05) is 53.6 Å². The maximum Gasteiger partial charge on any atom is 0.182 e. The highest BCUT2D eigenvalue weighted by atomic mass is 35.5. The molecule has 3 rings (SSSR count). The van der Waals surface area contributed by atoms with Gasteiger partial charge in [0, 0.05) is 22.7 Å². The number of carbonyl (C=O) groups is 1. The molecule has 0 N–H and O–H groups in total. The van der Waals surface area contributed by atoms with Crippen LogP contribution >= 0.6 is 11.6 Å². The molecule has 3 heteroatoms. The van der Waals surface area contributed by atoms with Gasteiger partial charge in [0.05, 0.1) is 11.6 Å². The topological polar surface area (TPSA) is 22.0 Å². The van der Waals surface area contributed by atoms with Gasteiger partial charge < -0.3 is 4.57 Å². The molecule has 0 bridgehead atoms. The van der Waals surface area contributed by atoms with Crippen molar-refractivity contribution in [3.63, 3.8) is 0 Å². The number of hydrogen-bond donors (Lipinski definition) is 0. The molecule has 0 saturated carbocycles. The third-order valence-corrected chi connectivity index (χ3v) is 4.04. The van der Waals surface area contributed by atoms with Crippen LogP contribution in [0.15, 0.2) is 48.7 Å². The quantitative estimate of drug-likeness (QED) is 0.637. The number of hydrogen-bond acceptors (Lipinski definition) is 1. The third kappa shape index (κ3) is 2.59. The van der Waals surface area contributed by atoms with Crippen molar-refractivity contribution >= 4 is 28.3 Å². The number of fused-ring (bicyclic) bond motifs is 1. The summed E-state index contributed by atoms with van der Waals surface area (Å²) in [5, 5.41) is 1.66. The van der Waals surface area contributed by atoms with Gasteiger partial charge in [0.1, 0.15) is 0 Å². The second-order valence-electron chi connectivity index (χ2n) is 5.36. The fourth-order valence-corrected chi connectivity index (χ4v) is 2.98. The lowest BCUT2D eigenvalue weighted by Gasteiger charge is -2.08. The number of aromatic nitrogens is 1. The lowest BCUT2D eigenvalue weighted by Crippen LogP contribution is -2.11. The summed E-state index contributed by atoms with van der Waals surface area (Å²) in [6.45, 7) is 4.30. The summed E-state index contributed by atoms with van der Waals surface area (Å²) in [4.78, 5) is 12.5. The van der Waals surface area contributed by atoms with Gasteiger partial charge in [0.2, 0.25) is 0 Å². The van der Waals surface area contributed by atoms with Crippen molar-refractivity contribution in [2.24, 2.45) is 0 Å². The number of benzene rings is 2. The van der Waals surface area contributed by atoms with Crippen molar-refractivity contribution in [1.29, 1.82) is 0 Å². The van der Waals surface area contributed by atoms with E-state index in [-0.39, 0.29) is 5.78 Å². The Kier molecular flexibility index (Phi) is 3.56. The smallest absolute Gasteiger partial charge is 0.182 e. The molecule has 1 heterocycles. The molecule has 2 nitrogen and oxygen atoms in total. The van der Waals surface area contributed by atoms with Gasteiger partial charge in [0.15, 0.2) is 5.78 Å². The summed E-state index contributed by atoms with van der Waals surface area (Å²) in [6, 6.07) is 13.8. The number of halogens is 1. The van der Waals surface area contributed by atoms with E-state index < -0.39 is 0 Å². The molecule has 0 saturated heterocycles. The van der Waals surface area contributed by atoms with Crippen LogP contribution in [0.1, 0.15) is 21.5 Å². The molecule has 2 aromatic carbocycles. The maximum atomic E-state index is 12.5. The molecule has 21 heavy (non-hydrogen) atoms. The molecule has 0 atom stereocenters. The first kappa shape index (κ1) is 13.9. The Morgan fingerprint density at radius 1 is 1.14 bits per heavy atom. The Balaban J connectivity index is 1.97. The lowest BCUT2D eigenvalue weighted by molar-refractivity contribution is 0.0973. The summed E-state index contributed by atoms with van der Waals surface area (Å²) in [5.41, 5.74) is 3.94. The van der Waals surface area contributed by atoms with Crippen molar-refractivity contribution in [3.8, 4) is 0 Å². The van der Waals surface area contributed by atoms with E-state index in [1.807, 2.05) is 67.1 Å². The second-order valence-corrected chi connectivity index (χ2v) is 5.77. The van der Waals surface area contributed by atoms with Crippen molar-refractivity contribution in [2.45, 2.75) is 20.4 Å². The molecule has 0 radical (unpaired) electrons. The molecule has 0 fully saturated rings. The SMILES string of the molecule is Cc1ccc(C(=O)Cn2cc(Cl)c3ccccc32)c(C)c1. The Hall–Kier alpha value is -2.06. The van der Waals surface area contributed by atoms with Crippen LogP contribution in [0.3, 0.4) is 0 Å². The number of carbonyl (C=O) groups excluding carboxylic acids is 1.